The van der Waals surface area contributed by atoms with E-state index in [9.17, 15) is 0 Å². The Morgan fingerprint density at radius 1 is 0.769 bits per heavy atom. The van der Waals surface area contributed by atoms with E-state index in [0.717, 1.165) is 50.3 Å². The van der Waals surface area contributed by atoms with Gasteiger partial charge in [0.15, 0.2) is 0 Å². The predicted molar refractivity (Wildman–Crippen MR) is 172 cm³/mol. The van der Waals surface area contributed by atoms with Crippen LogP contribution in [0.3, 0.4) is 0 Å². The highest BCUT2D eigenvalue weighted by molar-refractivity contribution is 7.98. The van der Waals surface area contributed by atoms with Crippen LogP contribution in [0.15, 0.2) is 42.5 Å². The third kappa shape index (κ3) is 9.28. The van der Waals surface area contributed by atoms with Gasteiger partial charge in [-0.1, -0.05) is 95.0 Å². The normalized spacial score (nSPS) is 17.2. The first-order valence-corrected chi connectivity index (χ1v) is 17.3. The van der Waals surface area contributed by atoms with Crippen LogP contribution in [0, 0.1) is 0 Å². The molecule has 1 fully saturated rings. The van der Waals surface area contributed by atoms with E-state index in [1.165, 1.54) is 92.2 Å². The van der Waals surface area contributed by atoms with Crippen LogP contribution in [-0.2, 0) is 12.2 Å². The highest BCUT2D eigenvalue weighted by Crippen LogP contribution is 2.41. The molecule has 2 nitrogen and oxygen atoms in total. The van der Waals surface area contributed by atoms with Crippen molar-refractivity contribution >= 4 is 11.8 Å². The summed E-state index contributed by atoms with van der Waals surface area (Å²) in [6.45, 7) is 11.6. The quantitative estimate of drug-likeness (QED) is 0.217. The Kier molecular flexibility index (Phi) is 11.7. The van der Waals surface area contributed by atoms with Gasteiger partial charge in [0.2, 0.25) is 0 Å². The maximum atomic E-state index is 6.71. The lowest BCUT2D eigenvalue weighted by Gasteiger charge is -2.48. The molecule has 2 heterocycles. The average molecular weight is 550 g/mol. The molecule has 0 bridgehead atoms. The van der Waals surface area contributed by atoms with Gasteiger partial charge >= 0.3 is 0 Å². The van der Waals surface area contributed by atoms with E-state index in [0.29, 0.717) is 0 Å². The second-order valence-corrected chi connectivity index (χ2v) is 14.3. The molecule has 0 aliphatic carbocycles. The maximum absolute atomic E-state index is 6.71. The zero-order valence-electron chi connectivity index (χ0n) is 25.5. The lowest BCUT2D eigenvalue weighted by Crippen LogP contribution is -2.54. The van der Waals surface area contributed by atoms with Crippen molar-refractivity contribution in [1.29, 1.82) is 0 Å². The van der Waals surface area contributed by atoms with Crippen molar-refractivity contribution < 1.29 is 4.74 Å². The monoisotopic (exact) mass is 549 g/mol. The summed E-state index contributed by atoms with van der Waals surface area (Å²) < 4.78 is 6.71. The van der Waals surface area contributed by atoms with E-state index in [1.54, 1.807) is 0 Å². The summed E-state index contributed by atoms with van der Waals surface area (Å²) in [7, 11) is 0. The van der Waals surface area contributed by atoms with Crippen molar-refractivity contribution in [2.45, 2.75) is 134 Å². The minimum Gasteiger partial charge on any atom is -0.487 e. The van der Waals surface area contributed by atoms with E-state index in [-0.39, 0.29) is 11.1 Å². The van der Waals surface area contributed by atoms with Gasteiger partial charge in [0.25, 0.3) is 0 Å². The van der Waals surface area contributed by atoms with Crippen molar-refractivity contribution in [1.82, 2.24) is 4.90 Å². The third-order valence-corrected chi connectivity index (χ3v) is 10.2. The van der Waals surface area contributed by atoms with Gasteiger partial charge in [-0.2, -0.15) is 11.8 Å². The van der Waals surface area contributed by atoms with Gasteiger partial charge in [-0.15, -0.1) is 0 Å². The molecule has 216 valence electrons. The van der Waals surface area contributed by atoms with Crippen LogP contribution in [0.5, 0.6) is 5.75 Å². The number of ether oxygens (including phenoxy) is 1. The van der Waals surface area contributed by atoms with Gasteiger partial charge in [-0.05, 0) is 93.0 Å². The van der Waals surface area contributed by atoms with Crippen molar-refractivity contribution in [3.63, 3.8) is 0 Å². The molecule has 4 rings (SSSR count). The summed E-state index contributed by atoms with van der Waals surface area (Å²) >= 11 is 2.10. The van der Waals surface area contributed by atoms with Gasteiger partial charge in [0, 0.05) is 24.4 Å². The number of aryl methyl sites for hydroxylation is 1. The fourth-order valence-corrected chi connectivity index (χ4v) is 7.29. The predicted octanol–water partition coefficient (Wildman–Crippen LogP) is 10.5. The minimum absolute atomic E-state index is 0.0451. The molecule has 2 aliphatic rings. The smallest absolute Gasteiger partial charge is 0.123 e. The Morgan fingerprint density at radius 3 is 2.03 bits per heavy atom. The number of rotatable bonds is 14. The standard InChI is InChI=1S/C36H55NOS/c1-5-6-7-8-9-10-11-12-13-14-27-39-29-30-15-17-31(18-16-30)32-19-20-34-33(28-32)21-22-36(38-34)23-25-37(26-24-36)35(2,3)4/h15-20,28H,5-14,21-27,29H2,1-4H3. The number of hydrogen-bond donors (Lipinski definition) is 0. The molecule has 2 aliphatic heterocycles. The molecule has 2 aromatic carbocycles. The summed E-state index contributed by atoms with van der Waals surface area (Å²) in [6, 6.07) is 16.1. The Bertz CT molecular complexity index is 984. The number of likely N-dealkylation sites (tertiary alicyclic amines) is 1. The maximum Gasteiger partial charge on any atom is 0.123 e. The van der Waals surface area contributed by atoms with E-state index in [2.05, 4.69) is 86.8 Å². The minimum atomic E-state index is 0.0451. The Labute approximate surface area is 244 Å². The molecular formula is C36H55NOS. The highest BCUT2D eigenvalue weighted by Gasteiger charge is 2.41. The number of thioether (sulfide) groups is 1. The lowest BCUT2D eigenvalue weighted by atomic mass is 9.81. The van der Waals surface area contributed by atoms with Gasteiger partial charge < -0.3 is 4.74 Å². The van der Waals surface area contributed by atoms with Crippen LogP contribution in [-0.4, -0.2) is 34.9 Å². The van der Waals surface area contributed by atoms with Crippen molar-refractivity contribution in [2.24, 2.45) is 0 Å². The fourth-order valence-electron chi connectivity index (χ4n) is 6.31. The molecule has 0 aromatic heterocycles. The molecule has 1 saturated heterocycles. The van der Waals surface area contributed by atoms with Crippen molar-refractivity contribution in [3.8, 4) is 16.9 Å². The number of nitrogens with zero attached hydrogens (tertiary/aromatic N) is 1. The number of benzene rings is 2. The van der Waals surface area contributed by atoms with E-state index >= 15 is 0 Å². The number of piperidine rings is 1. The third-order valence-electron chi connectivity index (χ3n) is 9.06. The topological polar surface area (TPSA) is 12.5 Å². The fraction of sp³-hybridized carbons (Fsp3) is 0.667. The van der Waals surface area contributed by atoms with Crippen LogP contribution in [0.2, 0.25) is 0 Å². The first kappa shape index (κ1) is 30.5. The molecule has 0 N–H and O–H groups in total. The molecule has 0 radical (unpaired) electrons. The summed E-state index contributed by atoms with van der Waals surface area (Å²) in [5.41, 5.74) is 5.77. The largest absolute Gasteiger partial charge is 0.487 e. The van der Waals surface area contributed by atoms with Crippen LogP contribution in [0.4, 0.5) is 0 Å². The van der Waals surface area contributed by atoms with Crippen molar-refractivity contribution in [2.75, 3.05) is 18.8 Å². The molecule has 39 heavy (non-hydrogen) atoms. The van der Waals surface area contributed by atoms with Gasteiger partial charge in [0.05, 0.1) is 0 Å². The summed E-state index contributed by atoms with van der Waals surface area (Å²) in [5, 5.41) is 0. The summed E-state index contributed by atoms with van der Waals surface area (Å²) in [4.78, 5) is 2.61. The number of fused-ring (bicyclic) bond motifs is 1. The molecule has 3 heteroatoms. The molecule has 0 saturated carbocycles. The second kappa shape index (κ2) is 15.0. The Balaban J connectivity index is 1.16. The first-order chi connectivity index (χ1) is 18.9. The van der Waals surface area contributed by atoms with Gasteiger partial charge in [-0.3, -0.25) is 4.90 Å². The van der Waals surface area contributed by atoms with Crippen LogP contribution in [0.1, 0.15) is 122 Å². The number of unbranched alkanes of at least 4 members (excludes halogenated alkanes) is 9. The van der Waals surface area contributed by atoms with E-state index in [4.69, 9.17) is 4.74 Å². The first-order valence-electron chi connectivity index (χ1n) is 16.1. The molecule has 1 spiro atoms. The van der Waals surface area contributed by atoms with Crippen LogP contribution >= 0.6 is 11.8 Å². The molecule has 0 unspecified atom stereocenters. The Morgan fingerprint density at radius 2 is 1.38 bits per heavy atom. The zero-order chi connectivity index (χ0) is 27.6. The van der Waals surface area contributed by atoms with Crippen LogP contribution in [0.25, 0.3) is 11.1 Å². The van der Waals surface area contributed by atoms with Gasteiger partial charge in [-0.25, -0.2) is 0 Å². The van der Waals surface area contributed by atoms with Gasteiger partial charge in [0.1, 0.15) is 11.4 Å². The summed E-state index contributed by atoms with van der Waals surface area (Å²) in [6.07, 6.45) is 18.7. The lowest BCUT2D eigenvalue weighted by molar-refractivity contribution is -0.0355. The van der Waals surface area contributed by atoms with E-state index in [1.807, 2.05) is 0 Å². The molecule has 0 amide bonds. The number of hydrogen-bond acceptors (Lipinski definition) is 3. The molecule has 2 aromatic rings. The Hall–Kier alpha value is -1.45. The van der Waals surface area contributed by atoms with E-state index < -0.39 is 0 Å². The highest BCUT2D eigenvalue weighted by atomic mass is 32.2. The van der Waals surface area contributed by atoms with Crippen LogP contribution < -0.4 is 4.74 Å². The average Bonchev–Trinajstić information content (AvgIpc) is 2.93. The molecular weight excluding hydrogens is 494 g/mol. The SMILES string of the molecule is CCCCCCCCCCCCSCc1ccc(-c2ccc3c(c2)CCC2(CCN(C(C)(C)C)CC2)O3)cc1. The molecule has 0 atom stereocenters. The zero-order valence-corrected chi connectivity index (χ0v) is 26.3. The summed E-state index contributed by atoms with van der Waals surface area (Å²) in [5.74, 6) is 3.54. The second-order valence-electron chi connectivity index (χ2n) is 13.2. The van der Waals surface area contributed by atoms with Crippen molar-refractivity contribution in [3.05, 3.63) is 53.6 Å².